The third-order valence-corrected chi connectivity index (χ3v) is 1.79. The van der Waals surface area contributed by atoms with E-state index in [9.17, 15) is 9.59 Å². The second-order valence-corrected chi connectivity index (χ2v) is 2.85. The van der Waals surface area contributed by atoms with Gasteiger partial charge in [-0.25, -0.2) is 0 Å². The van der Waals surface area contributed by atoms with Gasteiger partial charge in [-0.15, -0.1) is 0 Å². The fourth-order valence-electron chi connectivity index (χ4n) is 0.846. The summed E-state index contributed by atoms with van der Waals surface area (Å²) in [6.07, 6.45) is 0. The molecule has 0 aromatic heterocycles. The Morgan fingerprint density at radius 1 is 1.23 bits per heavy atom. The molecule has 68 valence electrons. The van der Waals surface area contributed by atoms with E-state index in [4.69, 9.17) is 11.6 Å². The maximum absolute atomic E-state index is 11.2. The van der Waals surface area contributed by atoms with Crippen LogP contribution in [-0.4, -0.2) is 18.7 Å². The Labute approximate surface area is 80.7 Å². The highest BCUT2D eigenvalue weighted by atomic mass is 35.5. The molecule has 0 heterocycles. The van der Waals surface area contributed by atoms with E-state index in [-0.39, 0.29) is 0 Å². The molecule has 1 aromatic rings. The van der Waals surface area contributed by atoms with Gasteiger partial charge in [-0.3, -0.25) is 9.59 Å². The lowest BCUT2D eigenvalue weighted by Gasteiger charge is -1.98. The van der Waals surface area contributed by atoms with E-state index in [1.807, 2.05) is 0 Å². The van der Waals surface area contributed by atoms with Crippen molar-refractivity contribution >= 4 is 23.3 Å². The van der Waals surface area contributed by atoms with E-state index in [2.05, 4.69) is 5.32 Å². The zero-order chi connectivity index (χ0) is 9.84. The van der Waals surface area contributed by atoms with Crippen molar-refractivity contribution in [3.05, 3.63) is 34.9 Å². The fourth-order valence-corrected chi connectivity index (χ4v) is 0.972. The summed E-state index contributed by atoms with van der Waals surface area (Å²) in [5.74, 6) is -1.18. The lowest BCUT2D eigenvalue weighted by molar-refractivity contribution is -0.116. The predicted molar refractivity (Wildman–Crippen MR) is 49.8 cm³/mol. The van der Waals surface area contributed by atoms with Crippen LogP contribution in [0.2, 0.25) is 5.02 Å². The van der Waals surface area contributed by atoms with Gasteiger partial charge in [-0.05, 0) is 24.3 Å². The summed E-state index contributed by atoms with van der Waals surface area (Å²) < 4.78 is 0. The quantitative estimate of drug-likeness (QED) is 0.573. The maximum Gasteiger partial charge on any atom is 0.292 e. The van der Waals surface area contributed by atoms with Crippen molar-refractivity contribution in [1.29, 1.82) is 0 Å². The Balaban J connectivity index is 2.90. The first-order chi connectivity index (χ1) is 6.15. The Morgan fingerprint density at radius 3 is 2.23 bits per heavy atom. The van der Waals surface area contributed by atoms with Gasteiger partial charge in [0.05, 0.1) is 0 Å². The minimum Gasteiger partial charge on any atom is -0.352 e. The molecule has 1 rings (SSSR count). The first-order valence-corrected chi connectivity index (χ1v) is 4.05. The van der Waals surface area contributed by atoms with Crippen molar-refractivity contribution in [1.82, 2.24) is 5.32 Å². The van der Waals surface area contributed by atoms with Crippen molar-refractivity contribution in [2.45, 2.75) is 0 Å². The van der Waals surface area contributed by atoms with Crippen LogP contribution < -0.4 is 5.32 Å². The van der Waals surface area contributed by atoms with E-state index >= 15 is 0 Å². The summed E-state index contributed by atoms with van der Waals surface area (Å²) in [5.41, 5.74) is 0.337. The van der Waals surface area contributed by atoms with Crippen molar-refractivity contribution in [2.75, 3.05) is 7.05 Å². The minimum absolute atomic E-state index is 0.337. The summed E-state index contributed by atoms with van der Waals surface area (Å²) in [7, 11) is 1.41. The molecule has 3 nitrogen and oxygen atoms in total. The zero-order valence-corrected chi connectivity index (χ0v) is 7.76. The molecule has 13 heavy (non-hydrogen) atoms. The number of nitrogens with one attached hydrogen (secondary N) is 1. The number of carbonyl (C=O) groups is 2. The molecule has 1 N–H and O–H groups in total. The second-order valence-electron chi connectivity index (χ2n) is 2.42. The van der Waals surface area contributed by atoms with Crippen molar-refractivity contribution in [3.8, 4) is 0 Å². The van der Waals surface area contributed by atoms with Gasteiger partial charge in [-0.2, -0.15) is 0 Å². The third-order valence-electron chi connectivity index (χ3n) is 1.54. The molecule has 4 heteroatoms. The SMILES string of the molecule is CNC(=O)C(=O)c1ccc(Cl)cc1. The van der Waals surface area contributed by atoms with Gasteiger partial charge >= 0.3 is 0 Å². The lowest BCUT2D eigenvalue weighted by Crippen LogP contribution is -2.27. The molecular formula is C9H8ClNO2. The summed E-state index contributed by atoms with van der Waals surface area (Å²) >= 11 is 5.62. The second kappa shape index (κ2) is 4.05. The standard InChI is InChI=1S/C9H8ClNO2/c1-11-9(13)8(12)6-2-4-7(10)5-3-6/h2-5H,1H3,(H,11,13). The van der Waals surface area contributed by atoms with Gasteiger partial charge in [0.2, 0.25) is 5.78 Å². The summed E-state index contributed by atoms with van der Waals surface area (Å²) in [6.45, 7) is 0. The monoisotopic (exact) mass is 197 g/mol. The molecule has 0 atom stereocenters. The Kier molecular flexibility index (Phi) is 3.03. The highest BCUT2D eigenvalue weighted by Gasteiger charge is 2.13. The Bertz CT molecular complexity index is 332. The van der Waals surface area contributed by atoms with Crippen LogP contribution in [0, 0.1) is 0 Å². The number of hydrogen-bond donors (Lipinski definition) is 1. The maximum atomic E-state index is 11.2. The molecule has 0 spiro atoms. The average Bonchev–Trinajstić information content (AvgIpc) is 2.17. The number of carbonyl (C=O) groups excluding carboxylic acids is 2. The number of amides is 1. The third kappa shape index (κ3) is 2.29. The van der Waals surface area contributed by atoms with Crippen molar-refractivity contribution in [2.24, 2.45) is 0 Å². The zero-order valence-electron chi connectivity index (χ0n) is 7.00. The van der Waals surface area contributed by atoms with Crippen LogP contribution >= 0.6 is 11.6 Å². The molecule has 0 saturated heterocycles. The largest absolute Gasteiger partial charge is 0.352 e. The van der Waals surface area contributed by atoms with Gasteiger partial charge in [0.1, 0.15) is 0 Å². The van der Waals surface area contributed by atoms with Gasteiger partial charge in [0, 0.05) is 17.6 Å². The summed E-state index contributed by atoms with van der Waals surface area (Å²) in [5, 5.41) is 2.79. The molecule has 0 aliphatic heterocycles. The minimum atomic E-state index is -0.623. The lowest BCUT2D eigenvalue weighted by atomic mass is 10.1. The molecule has 0 saturated carbocycles. The number of ketones is 1. The van der Waals surface area contributed by atoms with Crippen molar-refractivity contribution in [3.63, 3.8) is 0 Å². The van der Waals surface area contributed by atoms with Crippen LogP contribution in [0.5, 0.6) is 0 Å². The molecule has 1 amide bonds. The Morgan fingerprint density at radius 2 is 1.77 bits per heavy atom. The van der Waals surface area contributed by atoms with E-state index in [0.29, 0.717) is 10.6 Å². The van der Waals surface area contributed by atoms with E-state index in [0.717, 1.165) is 0 Å². The molecule has 0 radical (unpaired) electrons. The molecule has 1 aromatic carbocycles. The van der Waals surface area contributed by atoms with Gasteiger partial charge in [0.25, 0.3) is 5.91 Å². The van der Waals surface area contributed by atoms with Gasteiger partial charge in [0.15, 0.2) is 0 Å². The first-order valence-electron chi connectivity index (χ1n) is 3.67. The first kappa shape index (κ1) is 9.74. The normalized spacial score (nSPS) is 9.38. The number of Topliss-reactive ketones (excluding diaryl/α,β-unsaturated/α-hetero) is 1. The fraction of sp³-hybridized carbons (Fsp3) is 0.111. The number of rotatable bonds is 2. The van der Waals surface area contributed by atoms with E-state index in [1.54, 1.807) is 12.1 Å². The average molecular weight is 198 g/mol. The predicted octanol–water partition coefficient (Wildman–Crippen LogP) is 1.27. The topological polar surface area (TPSA) is 46.2 Å². The van der Waals surface area contributed by atoms with E-state index in [1.165, 1.54) is 19.2 Å². The molecule has 0 bridgehead atoms. The number of benzene rings is 1. The van der Waals surface area contributed by atoms with Gasteiger partial charge in [-0.1, -0.05) is 11.6 Å². The van der Waals surface area contributed by atoms with Gasteiger partial charge < -0.3 is 5.32 Å². The summed E-state index contributed by atoms with van der Waals surface area (Å²) in [6, 6.07) is 6.16. The molecule has 0 aliphatic carbocycles. The highest BCUT2D eigenvalue weighted by molar-refractivity contribution is 6.42. The molecule has 0 aliphatic rings. The smallest absolute Gasteiger partial charge is 0.292 e. The molecule has 0 fully saturated rings. The number of hydrogen-bond acceptors (Lipinski definition) is 2. The number of likely N-dealkylation sites (N-methyl/N-ethyl adjacent to an activating group) is 1. The van der Waals surface area contributed by atoms with Crippen molar-refractivity contribution < 1.29 is 9.59 Å². The number of halogens is 1. The highest BCUT2D eigenvalue weighted by Crippen LogP contribution is 2.09. The van der Waals surface area contributed by atoms with Crippen LogP contribution in [0.25, 0.3) is 0 Å². The molecular weight excluding hydrogens is 190 g/mol. The van der Waals surface area contributed by atoms with Crippen LogP contribution in [0.1, 0.15) is 10.4 Å². The molecule has 0 unspecified atom stereocenters. The summed E-state index contributed by atoms with van der Waals surface area (Å²) in [4.78, 5) is 22.1. The van der Waals surface area contributed by atoms with Crippen LogP contribution in [0.4, 0.5) is 0 Å². The van der Waals surface area contributed by atoms with Crippen LogP contribution in [-0.2, 0) is 4.79 Å². The Hall–Kier alpha value is -1.35. The van der Waals surface area contributed by atoms with Crippen LogP contribution in [0.15, 0.2) is 24.3 Å². The van der Waals surface area contributed by atoms with E-state index < -0.39 is 11.7 Å². The van der Waals surface area contributed by atoms with Crippen LogP contribution in [0.3, 0.4) is 0 Å².